The maximum absolute atomic E-state index is 12.1. The van der Waals surface area contributed by atoms with Crippen molar-refractivity contribution in [1.82, 2.24) is 0 Å². The van der Waals surface area contributed by atoms with Gasteiger partial charge >= 0.3 is 159 Å². The summed E-state index contributed by atoms with van der Waals surface area (Å²) < 4.78 is 12.1. The van der Waals surface area contributed by atoms with Gasteiger partial charge in [-0.1, -0.05) is 0 Å². The topological polar surface area (TPSA) is 51.1 Å². The summed E-state index contributed by atoms with van der Waals surface area (Å²) in [4.78, 5) is 12.1. The van der Waals surface area contributed by atoms with E-state index in [0.29, 0.717) is 17.8 Å². The molecular weight excluding hydrogens is 395 g/mol. The third-order valence-corrected chi connectivity index (χ3v) is 5.51. The number of benzene rings is 2. The minimum absolute atomic E-state index is 0.222. The van der Waals surface area contributed by atoms with E-state index in [1.54, 1.807) is 6.92 Å². The summed E-state index contributed by atoms with van der Waals surface area (Å²) in [6.07, 6.45) is 2.05. The molecule has 26 heavy (non-hydrogen) atoms. The monoisotopic (exact) mass is 416 g/mol. The van der Waals surface area contributed by atoms with Crippen molar-refractivity contribution in [3.05, 3.63) is 64.8 Å². The molecule has 6 heteroatoms. The molecule has 2 aromatic rings. The summed E-state index contributed by atoms with van der Waals surface area (Å²) in [5.41, 5.74) is 1.96. The number of carbonyl (C=O) groups is 1. The van der Waals surface area contributed by atoms with E-state index >= 15 is 0 Å². The summed E-state index contributed by atoms with van der Waals surface area (Å²) in [6, 6.07) is 17.7. The molecule has 2 aromatic carbocycles. The Morgan fingerprint density at radius 1 is 1.08 bits per heavy atom. The molecule has 5 nitrogen and oxygen atoms in total. The van der Waals surface area contributed by atoms with Gasteiger partial charge < -0.3 is 0 Å². The average Bonchev–Trinajstić information content (AvgIpc) is 3.08. The van der Waals surface area contributed by atoms with Gasteiger partial charge in [-0.25, -0.2) is 0 Å². The normalized spacial score (nSPS) is 15.1. The molecule has 1 aliphatic heterocycles. The van der Waals surface area contributed by atoms with Crippen LogP contribution < -0.4 is 9.75 Å². The third kappa shape index (κ3) is 4.34. The quantitative estimate of drug-likeness (QED) is 0.536. The van der Waals surface area contributed by atoms with Gasteiger partial charge in [-0.3, -0.25) is 0 Å². The number of ether oxygens (including phenoxy) is 2. The maximum atomic E-state index is 12.1. The molecule has 0 spiro atoms. The number of hydrazone groups is 1. The Morgan fingerprint density at radius 2 is 1.81 bits per heavy atom. The van der Waals surface area contributed by atoms with E-state index in [1.807, 2.05) is 66.5 Å². The first-order valence-corrected chi connectivity index (χ1v) is 10.2. The van der Waals surface area contributed by atoms with E-state index in [0.717, 1.165) is 21.6 Å². The van der Waals surface area contributed by atoms with Gasteiger partial charge in [-0.05, 0) is 0 Å². The van der Waals surface area contributed by atoms with Gasteiger partial charge in [0.25, 0.3) is 0 Å². The Hall–Kier alpha value is -2.56. The summed E-state index contributed by atoms with van der Waals surface area (Å²) in [7, 11) is 0. The Morgan fingerprint density at radius 3 is 2.46 bits per heavy atom. The van der Waals surface area contributed by atoms with E-state index in [1.165, 1.54) is 0 Å². The number of anilines is 1. The van der Waals surface area contributed by atoms with Gasteiger partial charge in [0, 0.05) is 0 Å². The van der Waals surface area contributed by atoms with Crippen LogP contribution in [0.5, 0.6) is 5.75 Å². The zero-order chi connectivity index (χ0) is 18.4. The summed E-state index contributed by atoms with van der Waals surface area (Å²) >= 11 is -0.222. The zero-order valence-corrected chi connectivity index (χ0v) is 16.4. The van der Waals surface area contributed by atoms with E-state index < -0.39 is 0 Å². The SMILES string of the molecule is CCOC(=O)C1=NN(c2ccccc2)C(=Cc2ccc(OCC)cc2)[Se]1. The van der Waals surface area contributed by atoms with E-state index in [-0.39, 0.29) is 20.9 Å². The van der Waals surface area contributed by atoms with Gasteiger partial charge in [0.1, 0.15) is 0 Å². The number of hydrogen-bond acceptors (Lipinski definition) is 5. The van der Waals surface area contributed by atoms with E-state index in [4.69, 9.17) is 9.47 Å². The van der Waals surface area contributed by atoms with Crippen LogP contribution >= 0.6 is 0 Å². The summed E-state index contributed by atoms with van der Waals surface area (Å²) in [5, 5.41) is 6.33. The molecule has 3 rings (SSSR count). The van der Waals surface area contributed by atoms with Crippen molar-refractivity contribution in [2.75, 3.05) is 18.2 Å². The molecule has 0 aromatic heterocycles. The van der Waals surface area contributed by atoms with Gasteiger partial charge in [0.15, 0.2) is 0 Å². The van der Waals surface area contributed by atoms with Crippen LogP contribution in [0.25, 0.3) is 6.08 Å². The molecule has 0 atom stereocenters. The fourth-order valence-electron chi connectivity index (χ4n) is 2.39. The first-order valence-electron chi connectivity index (χ1n) is 8.44. The molecule has 0 bridgehead atoms. The fourth-order valence-corrected chi connectivity index (χ4v) is 4.26. The molecule has 0 unspecified atom stereocenters. The Kier molecular flexibility index (Phi) is 6.10. The van der Waals surface area contributed by atoms with Gasteiger partial charge in [-0.15, -0.1) is 0 Å². The molecule has 0 fully saturated rings. The van der Waals surface area contributed by atoms with Crippen molar-refractivity contribution in [2.24, 2.45) is 5.10 Å². The number of hydrogen-bond donors (Lipinski definition) is 0. The van der Waals surface area contributed by atoms with Crippen molar-refractivity contribution < 1.29 is 14.3 Å². The second-order valence-corrected chi connectivity index (χ2v) is 7.48. The van der Waals surface area contributed by atoms with Crippen LogP contribution in [0.1, 0.15) is 19.4 Å². The van der Waals surface area contributed by atoms with Crippen LogP contribution in [0.2, 0.25) is 0 Å². The molecule has 0 saturated heterocycles. The third-order valence-electron chi connectivity index (χ3n) is 3.53. The Balaban J connectivity index is 1.89. The molecular formula is C20H20N2O3Se. The Labute approximate surface area is 159 Å². The fraction of sp³-hybridized carbons (Fsp3) is 0.200. The van der Waals surface area contributed by atoms with Crippen LogP contribution in [0, 0.1) is 0 Å². The van der Waals surface area contributed by atoms with E-state index in [2.05, 4.69) is 11.2 Å². The molecule has 1 aliphatic rings. The Bertz CT molecular complexity index is 817. The number of nitrogens with zero attached hydrogens (tertiary/aromatic N) is 2. The van der Waals surface area contributed by atoms with Crippen molar-refractivity contribution in [1.29, 1.82) is 0 Å². The van der Waals surface area contributed by atoms with Gasteiger partial charge in [-0.2, -0.15) is 0 Å². The number of esters is 1. The standard InChI is InChI=1S/C20H20N2O3Se/c1-3-24-17-12-10-15(11-13-17)14-18-22(16-8-6-5-7-9-16)21-19(26-18)20(23)25-4-2/h5-14H,3-4H2,1-2H3. The first-order chi connectivity index (χ1) is 12.7. The average molecular weight is 415 g/mol. The molecule has 0 amide bonds. The van der Waals surface area contributed by atoms with Crippen molar-refractivity contribution in [2.45, 2.75) is 13.8 Å². The second kappa shape index (κ2) is 8.70. The van der Waals surface area contributed by atoms with Crippen LogP contribution in [0.4, 0.5) is 5.69 Å². The zero-order valence-electron chi connectivity index (χ0n) is 14.7. The number of rotatable bonds is 6. The van der Waals surface area contributed by atoms with Crippen LogP contribution in [0.15, 0.2) is 64.3 Å². The number of carbonyl (C=O) groups excluding carboxylic acids is 1. The summed E-state index contributed by atoms with van der Waals surface area (Å²) in [6.45, 7) is 4.74. The molecule has 0 aliphatic carbocycles. The van der Waals surface area contributed by atoms with Crippen LogP contribution in [-0.4, -0.2) is 38.7 Å². The van der Waals surface area contributed by atoms with Crippen molar-refractivity contribution >= 4 is 37.3 Å². The van der Waals surface area contributed by atoms with Crippen molar-refractivity contribution in [3.8, 4) is 5.75 Å². The molecule has 0 saturated carbocycles. The summed E-state index contributed by atoms with van der Waals surface area (Å²) in [5.74, 6) is 0.499. The van der Waals surface area contributed by atoms with Gasteiger partial charge in [0.2, 0.25) is 0 Å². The van der Waals surface area contributed by atoms with Crippen molar-refractivity contribution in [3.63, 3.8) is 0 Å². The number of para-hydroxylation sites is 1. The van der Waals surface area contributed by atoms with Crippen LogP contribution in [-0.2, 0) is 9.53 Å². The van der Waals surface area contributed by atoms with Crippen LogP contribution in [0.3, 0.4) is 0 Å². The van der Waals surface area contributed by atoms with Gasteiger partial charge in [0.05, 0.1) is 0 Å². The first kappa shape index (κ1) is 18.2. The second-order valence-electron chi connectivity index (χ2n) is 5.36. The minimum atomic E-state index is -0.344. The molecule has 0 radical (unpaired) electrons. The molecule has 0 N–H and O–H groups in total. The predicted molar refractivity (Wildman–Crippen MR) is 104 cm³/mol. The molecule has 1 heterocycles. The predicted octanol–water partition coefficient (Wildman–Crippen LogP) is 3.48. The molecule has 134 valence electrons. The van der Waals surface area contributed by atoms with E-state index in [9.17, 15) is 4.79 Å².